The molecule has 5 rings (SSSR count). The Morgan fingerprint density at radius 2 is 1.53 bits per heavy atom. The molecule has 0 saturated heterocycles. The van der Waals surface area contributed by atoms with Gasteiger partial charge in [0.25, 0.3) is 0 Å². The molecule has 1 amide bonds. The van der Waals surface area contributed by atoms with Gasteiger partial charge < -0.3 is 14.5 Å². The number of oxime groups is 1. The van der Waals surface area contributed by atoms with Crippen molar-refractivity contribution < 1.29 is 18.8 Å². The smallest absolute Gasteiger partial charge is 0.235 e. The predicted molar refractivity (Wildman–Crippen MR) is 146 cm³/mol. The molecular weight excluding hydrogens is 479 g/mol. The van der Waals surface area contributed by atoms with Crippen molar-refractivity contribution in [3.8, 4) is 5.75 Å². The molecule has 4 aromatic rings. The molecule has 0 fully saturated rings. The lowest BCUT2D eigenvalue weighted by atomic mass is 9.89. The summed E-state index contributed by atoms with van der Waals surface area (Å²) in [7, 11) is 1.62. The van der Waals surface area contributed by atoms with E-state index in [0.717, 1.165) is 22.4 Å². The van der Waals surface area contributed by atoms with Crippen LogP contribution in [0.3, 0.4) is 0 Å². The number of para-hydroxylation sites is 1. The van der Waals surface area contributed by atoms with E-state index < -0.39 is 5.92 Å². The molecule has 0 radical (unpaired) electrons. The molecule has 0 spiro atoms. The quantitative estimate of drug-likeness (QED) is 0.271. The summed E-state index contributed by atoms with van der Waals surface area (Å²) in [5, 5.41) is 4.32. The van der Waals surface area contributed by atoms with Crippen molar-refractivity contribution in [2.24, 2.45) is 5.16 Å². The molecule has 5 nitrogen and oxygen atoms in total. The molecule has 1 heterocycles. The van der Waals surface area contributed by atoms with Crippen LogP contribution in [0.5, 0.6) is 5.75 Å². The van der Waals surface area contributed by atoms with Gasteiger partial charge in [0.1, 0.15) is 11.6 Å². The Balaban J connectivity index is 1.44. The standard InChI is InChI=1S/C32H29FN2O3/c1-37-30-19-11-9-17-27(30)29-20-26(38-34-29)22-35(21-25-16-8-10-18-28(25)33)32(36)31(23-12-4-2-5-13-23)24-14-6-3-7-15-24/h2-19,26,31H,20-22H2,1H3. The third-order valence-corrected chi connectivity index (χ3v) is 6.72. The molecule has 4 aromatic carbocycles. The number of carbonyl (C=O) groups is 1. The van der Waals surface area contributed by atoms with Crippen LogP contribution in [0.2, 0.25) is 0 Å². The lowest BCUT2D eigenvalue weighted by molar-refractivity contribution is -0.134. The van der Waals surface area contributed by atoms with E-state index in [0.29, 0.717) is 17.7 Å². The van der Waals surface area contributed by atoms with Gasteiger partial charge in [0.15, 0.2) is 6.10 Å². The van der Waals surface area contributed by atoms with E-state index in [1.807, 2.05) is 84.9 Å². The lowest BCUT2D eigenvalue weighted by Gasteiger charge is -2.29. The summed E-state index contributed by atoms with van der Waals surface area (Å²) in [5.41, 5.74) is 3.81. The fourth-order valence-electron chi connectivity index (χ4n) is 4.83. The number of methoxy groups -OCH3 is 1. The fraction of sp³-hybridized carbons (Fsp3) is 0.188. The number of benzene rings is 4. The van der Waals surface area contributed by atoms with Crippen molar-refractivity contribution in [1.82, 2.24) is 4.90 Å². The predicted octanol–water partition coefficient (Wildman–Crippen LogP) is 6.19. The second-order valence-electron chi connectivity index (χ2n) is 9.23. The zero-order valence-electron chi connectivity index (χ0n) is 21.2. The lowest BCUT2D eigenvalue weighted by Crippen LogP contribution is -2.40. The maximum atomic E-state index is 14.7. The van der Waals surface area contributed by atoms with Crippen molar-refractivity contribution in [1.29, 1.82) is 0 Å². The topological polar surface area (TPSA) is 51.1 Å². The van der Waals surface area contributed by atoms with E-state index in [1.54, 1.807) is 30.2 Å². The van der Waals surface area contributed by atoms with E-state index in [-0.39, 0.29) is 30.9 Å². The molecule has 1 atom stereocenters. The Labute approximate surface area is 222 Å². The van der Waals surface area contributed by atoms with E-state index in [9.17, 15) is 9.18 Å². The third-order valence-electron chi connectivity index (χ3n) is 6.72. The van der Waals surface area contributed by atoms with Crippen LogP contribution in [0.15, 0.2) is 114 Å². The first-order chi connectivity index (χ1) is 18.6. The van der Waals surface area contributed by atoms with Crippen LogP contribution in [0.1, 0.15) is 34.6 Å². The van der Waals surface area contributed by atoms with Gasteiger partial charge in [-0.1, -0.05) is 96.2 Å². The van der Waals surface area contributed by atoms with Crippen LogP contribution in [-0.2, 0) is 16.2 Å². The molecule has 0 saturated carbocycles. The summed E-state index contributed by atoms with van der Waals surface area (Å²) < 4.78 is 20.2. The second kappa shape index (κ2) is 11.7. The van der Waals surface area contributed by atoms with Crippen LogP contribution in [0.4, 0.5) is 4.39 Å². The Kier molecular flexibility index (Phi) is 7.78. The minimum absolute atomic E-state index is 0.117. The van der Waals surface area contributed by atoms with Crippen molar-refractivity contribution in [3.05, 3.63) is 137 Å². The number of halogens is 1. The highest BCUT2D eigenvalue weighted by Gasteiger charge is 2.33. The summed E-state index contributed by atoms with van der Waals surface area (Å²) in [6, 6.07) is 33.5. The molecular formula is C32H29FN2O3. The Morgan fingerprint density at radius 3 is 2.18 bits per heavy atom. The fourth-order valence-corrected chi connectivity index (χ4v) is 4.83. The van der Waals surface area contributed by atoms with E-state index in [2.05, 4.69) is 5.16 Å². The van der Waals surface area contributed by atoms with E-state index in [1.165, 1.54) is 6.07 Å². The largest absolute Gasteiger partial charge is 0.496 e. The number of rotatable bonds is 9. The summed E-state index contributed by atoms with van der Waals surface area (Å²) in [6.45, 7) is 0.372. The van der Waals surface area contributed by atoms with Crippen LogP contribution >= 0.6 is 0 Å². The van der Waals surface area contributed by atoms with Crippen LogP contribution in [0, 0.1) is 5.82 Å². The van der Waals surface area contributed by atoms with Gasteiger partial charge in [0.05, 0.1) is 25.3 Å². The maximum absolute atomic E-state index is 14.7. The van der Waals surface area contributed by atoms with Crippen molar-refractivity contribution in [3.63, 3.8) is 0 Å². The van der Waals surface area contributed by atoms with Crippen molar-refractivity contribution in [2.45, 2.75) is 25.0 Å². The zero-order valence-corrected chi connectivity index (χ0v) is 21.2. The average molecular weight is 509 g/mol. The van der Waals surface area contributed by atoms with Crippen LogP contribution in [0.25, 0.3) is 0 Å². The highest BCUT2D eigenvalue weighted by molar-refractivity contribution is 6.03. The molecule has 0 aliphatic carbocycles. The van der Waals surface area contributed by atoms with Gasteiger partial charge in [0, 0.05) is 24.1 Å². The Bertz CT molecular complexity index is 1370. The maximum Gasteiger partial charge on any atom is 0.235 e. The monoisotopic (exact) mass is 508 g/mol. The Morgan fingerprint density at radius 1 is 0.921 bits per heavy atom. The molecule has 38 heavy (non-hydrogen) atoms. The number of hydrogen-bond donors (Lipinski definition) is 0. The zero-order chi connectivity index (χ0) is 26.3. The minimum atomic E-state index is -0.541. The summed E-state index contributed by atoms with van der Waals surface area (Å²) in [4.78, 5) is 21.8. The molecule has 1 unspecified atom stereocenters. The molecule has 1 aliphatic heterocycles. The summed E-state index contributed by atoms with van der Waals surface area (Å²) in [5.74, 6) is -0.303. The van der Waals surface area contributed by atoms with E-state index >= 15 is 0 Å². The van der Waals surface area contributed by atoms with Gasteiger partial charge in [-0.25, -0.2) is 4.39 Å². The summed E-state index contributed by atoms with van der Waals surface area (Å²) >= 11 is 0. The molecule has 0 bridgehead atoms. The second-order valence-corrected chi connectivity index (χ2v) is 9.23. The highest BCUT2D eigenvalue weighted by Crippen LogP contribution is 2.30. The number of nitrogens with zero attached hydrogens (tertiary/aromatic N) is 2. The third kappa shape index (κ3) is 5.59. The van der Waals surface area contributed by atoms with E-state index in [4.69, 9.17) is 9.57 Å². The molecule has 192 valence electrons. The van der Waals surface area contributed by atoms with Crippen LogP contribution < -0.4 is 4.74 Å². The minimum Gasteiger partial charge on any atom is -0.496 e. The van der Waals surface area contributed by atoms with Gasteiger partial charge in [-0.2, -0.15) is 0 Å². The first kappa shape index (κ1) is 25.2. The molecule has 1 aliphatic rings. The van der Waals surface area contributed by atoms with Gasteiger partial charge in [0.2, 0.25) is 5.91 Å². The van der Waals surface area contributed by atoms with Gasteiger partial charge in [-0.05, 0) is 29.3 Å². The van der Waals surface area contributed by atoms with Crippen molar-refractivity contribution in [2.75, 3.05) is 13.7 Å². The summed E-state index contributed by atoms with van der Waals surface area (Å²) in [6.07, 6.45) is 0.126. The molecule has 0 N–H and O–H groups in total. The molecule has 6 heteroatoms. The molecule has 0 aromatic heterocycles. The van der Waals surface area contributed by atoms with Crippen LogP contribution in [-0.4, -0.2) is 36.3 Å². The first-order valence-electron chi connectivity index (χ1n) is 12.6. The SMILES string of the molecule is COc1ccccc1C1=NOC(CN(Cc2ccccc2F)C(=O)C(c2ccccc2)c2ccccc2)C1. The van der Waals surface area contributed by atoms with Gasteiger partial charge in [-0.3, -0.25) is 4.79 Å². The first-order valence-corrected chi connectivity index (χ1v) is 12.6. The van der Waals surface area contributed by atoms with Crippen molar-refractivity contribution >= 4 is 11.6 Å². The number of amides is 1. The average Bonchev–Trinajstić information content (AvgIpc) is 3.43. The number of carbonyl (C=O) groups excluding carboxylic acids is 1. The van der Waals surface area contributed by atoms with Gasteiger partial charge >= 0.3 is 0 Å². The van der Waals surface area contributed by atoms with Gasteiger partial charge in [-0.15, -0.1) is 0 Å². The Hall–Kier alpha value is -4.45. The number of ether oxygens (including phenoxy) is 1. The normalized spacial score (nSPS) is 14.6. The highest BCUT2D eigenvalue weighted by atomic mass is 19.1. The number of hydrogen-bond acceptors (Lipinski definition) is 4.